The first kappa shape index (κ1) is 7.23. The molecule has 0 spiro atoms. The number of nitriles is 1. The maximum atomic E-state index is 8.21. The fraction of sp³-hybridized carbons (Fsp3) is 0.571. The molecule has 0 saturated carbocycles. The van der Waals surface area contributed by atoms with E-state index in [1.165, 1.54) is 0 Å². The molecule has 0 aliphatic carbocycles. The second-order valence-corrected chi connectivity index (χ2v) is 1.82. The zero-order valence-electron chi connectivity index (χ0n) is 5.28. The van der Waals surface area contributed by atoms with Crippen molar-refractivity contribution >= 4 is 0 Å². The Kier molecular flexibility index (Phi) is 3.97. The Morgan fingerprint density at radius 1 is 1.75 bits per heavy atom. The minimum Gasteiger partial charge on any atom is -0.193 e. The molecule has 8 heavy (non-hydrogen) atoms. The molecule has 0 atom stereocenters. The summed E-state index contributed by atoms with van der Waals surface area (Å²) >= 11 is 0. The molecule has 0 rings (SSSR count). The molecule has 0 saturated heterocycles. The molecule has 0 aliphatic rings. The highest BCUT2D eigenvalue weighted by molar-refractivity contribution is 5.14. The molecule has 44 valence electrons. The summed E-state index contributed by atoms with van der Waals surface area (Å²) in [5.41, 5.74) is 0.701. The topological polar surface area (TPSA) is 23.8 Å². The average molecular weight is 109 g/mol. The van der Waals surface area contributed by atoms with Crippen LogP contribution in [-0.4, -0.2) is 0 Å². The van der Waals surface area contributed by atoms with Crippen molar-refractivity contribution in [2.24, 2.45) is 0 Å². The smallest absolute Gasteiger partial charge is 0.0940 e. The third-order valence-electron chi connectivity index (χ3n) is 0.990. The Hall–Kier alpha value is -0.770. The van der Waals surface area contributed by atoms with Crippen LogP contribution in [0.25, 0.3) is 0 Å². The third kappa shape index (κ3) is 3.42. The molecular formula is C7H11N. The maximum Gasteiger partial charge on any atom is 0.0940 e. The molecule has 0 aromatic heterocycles. The van der Waals surface area contributed by atoms with Crippen LogP contribution in [0, 0.1) is 11.3 Å². The fourth-order valence-electron chi connectivity index (χ4n) is 0.446. The minimum absolute atomic E-state index is 0.701. The van der Waals surface area contributed by atoms with E-state index < -0.39 is 0 Å². The van der Waals surface area contributed by atoms with Crippen LogP contribution < -0.4 is 0 Å². The van der Waals surface area contributed by atoms with E-state index in [4.69, 9.17) is 5.26 Å². The number of allylic oxidation sites excluding steroid dienone is 1. The number of nitrogens with zero attached hydrogens (tertiary/aromatic N) is 1. The fourth-order valence-corrected chi connectivity index (χ4v) is 0.446. The molecule has 0 N–H and O–H groups in total. The van der Waals surface area contributed by atoms with Crippen LogP contribution in [0.5, 0.6) is 0 Å². The van der Waals surface area contributed by atoms with Gasteiger partial charge >= 0.3 is 0 Å². The standard InChI is InChI=1S/C7H11N/c1-3-4-5-7(2)6-8/h2-5H2,1H3. The van der Waals surface area contributed by atoms with Crippen molar-refractivity contribution in [2.45, 2.75) is 26.2 Å². The lowest BCUT2D eigenvalue weighted by Crippen LogP contribution is -1.74. The van der Waals surface area contributed by atoms with Crippen molar-refractivity contribution in [1.82, 2.24) is 0 Å². The van der Waals surface area contributed by atoms with Gasteiger partial charge in [-0.2, -0.15) is 5.26 Å². The minimum atomic E-state index is 0.701. The summed E-state index contributed by atoms with van der Waals surface area (Å²) in [6.07, 6.45) is 3.10. The van der Waals surface area contributed by atoms with Crippen LogP contribution >= 0.6 is 0 Å². The third-order valence-corrected chi connectivity index (χ3v) is 0.990. The SMILES string of the molecule is C=C(C#N)CCCC. The molecule has 1 nitrogen and oxygen atoms in total. The summed E-state index contributed by atoms with van der Waals surface area (Å²) < 4.78 is 0. The summed E-state index contributed by atoms with van der Waals surface area (Å²) in [6.45, 7) is 5.65. The van der Waals surface area contributed by atoms with E-state index in [1.54, 1.807) is 0 Å². The first-order chi connectivity index (χ1) is 3.81. The molecular weight excluding hydrogens is 98.1 g/mol. The van der Waals surface area contributed by atoms with Crippen LogP contribution in [0.1, 0.15) is 26.2 Å². The summed E-state index contributed by atoms with van der Waals surface area (Å²) in [6, 6.07) is 2.01. The highest BCUT2D eigenvalue weighted by Gasteiger charge is 1.86. The molecule has 0 bridgehead atoms. The predicted octanol–water partition coefficient (Wildman–Crippen LogP) is 2.26. The van der Waals surface area contributed by atoms with Gasteiger partial charge in [0.25, 0.3) is 0 Å². The van der Waals surface area contributed by atoms with E-state index in [9.17, 15) is 0 Å². The first-order valence-corrected chi connectivity index (χ1v) is 2.89. The van der Waals surface area contributed by atoms with Crippen molar-refractivity contribution in [3.05, 3.63) is 12.2 Å². The Morgan fingerprint density at radius 3 is 2.75 bits per heavy atom. The van der Waals surface area contributed by atoms with Crippen LogP contribution in [0.3, 0.4) is 0 Å². The lowest BCUT2D eigenvalue weighted by Gasteiger charge is -1.89. The average Bonchev–Trinajstić information content (AvgIpc) is 1.83. The quantitative estimate of drug-likeness (QED) is 0.510. The lowest BCUT2D eigenvalue weighted by molar-refractivity contribution is 0.801. The predicted molar refractivity (Wildman–Crippen MR) is 34.3 cm³/mol. The Bertz CT molecular complexity index is 108. The van der Waals surface area contributed by atoms with Gasteiger partial charge in [-0.05, 0) is 12.8 Å². The van der Waals surface area contributed by atoms with Crippen molar-refractivity contribution in [3.8, 4) is 6.07 Å². The van der Waals surface area contributed by atoms with Gasteiger partial charge in [-0.15, -0.1) is 0 Å². The van der Waals surface area contributed by atoms with E-state index in [0.29, 0.717) is 5.57 Å². The van der Waals surface area contributed by atoms with E-state index in [2.05, 4.69) is 13.5 Å². The Morgan fingerprint density at radius 2 is 2.38 bits per heavy atom. The van der Waals surface area contributed by atoms with Crippen LogP contribution in [0.2, 0.25) is 0 Å². The van der Waals surface area contributed by atoms with Gasteiger partial charge in [0.2, 0.25) is 0 Å². The molecule has 1 heteroatoms. The molecule has 0 unspecified atom stereocenters. The normalized spacial score (nSPS) is 8.00. The molecule has 0 heterocycles. The lowest BCUT2D eigenvalue weighted by atomic mass is 10.1. The number of hydrogen-bond donors (Lipinski definition) is 0. The monoisotopic (exact) mass is 109 g/mol. The van der Waals surface area contributed by atoms with Gasteiger partial charge in [-0.1, -0.05) is 19.9 Å². The number of rotatable bonds is 3. The molecule has 0 radical (unpaired) electrons. The van der Waals surface area contributed by atoms with Crippen LogP contribution in [-0.2, 0) is 0 Å². The molecule has 0 aliphatic heterocycles. The number of hydrogen-bond acceptors (Lipinski definition) is 1. The van der Waals surface area contributed by atoms with Crippen molar-refractivity contribution in [3.63, 3.8) is 0 Å². The van der Waals surface area contributed by atoms with Gasteiger partial charge in [-0.25, -0.2) is 0 Å². The van der Waals surface area contributed by atoms with Gasteiger partial charge in [0.05, 0.1) is 6.07 Å². The van der Waals surface area contributed by atoms with E-state index in [0.717, 1.165) is 19.3 Å². The first-order valence-electron chi connectivity index (χ1n) is 2.89. The van der Waals surface area contributed by atoms with E-state index >= 15 is 0 Å². The summed E-state index contributed by atoms with van der Waals surface area (Å²) in [4.78, 5) is 0. The summed E-state index contributed by atoms with van der Waals surface area (Å²) in [7, 11) is 0. The van der Waals surface area contributed by atoms with Crippen molar-refractivity contribution in [2.75, 3.05) is 0 Å². The highest BCUT2D eigenvalue weighted by Crippen LogP contribution is 2.01. The van der Waals surface area contributed by atoms with Gasteiger partial charge in [0.15, 0.2) is 0 Å². The van der Waals surface area contributed by atoms with Gasteiger partial charge < -0.3 is 0 Å². The Balaban J connectivity index is 3.16. The molecule has 0 amide bonds. The maximum absolute atomic E-state index is 8.21. The zero-order chi connectivity index (χ0) is 6.41. The van der Waals surface area contributed by atoms with Gasteiger partial charge in [0, 0.05) is 5.57 Å². The van der Waals surface area contributed by atoms with Crippen LogP contribution in [0.4, 0.5) is 0 Å². The summed E-state index contributed by atoms with van der Waals surface area (Å²) in [5.74, 6) is 0. The molecule has 0 aromatic rings. The second-order valence-electron chi connectivity index (χ2n) is 1.82. The number of unbranched alkanes of at least 4 members (excludes halogenated alkanes) is 1. The Labute approximate surface area is 50.6 Å². The van der Waals surface area contributed by atoms with Crippen molar-refractivity contribution in [1.29, 1.82) is 5.26 Å². The summed E-state index contributed by atoms with van der Waals surface area (Å²) in [5, 5.41) is 8.21. The highest BCUT2D eigenvalue weighted by atomic mass is 14.2. The van der Waals surface area contributed by atoms with Gasteiger partial charge in [-0.3, -0.25) is 0 Å². The largest absolute Gasteiger partial charge is 0.193 e. The van der Waals surface area contributed by atoms with E-state index in [-0.39, 0.29) is 0 Å². The molecule has 0 fully saturated rings. The van der Waals surface area contributed by atoms with Crippen molar-refractivity contribution < 1.29 is 0 Å². The molecule has 0 aromatic carbocycles. The van der Waals surface area contributed by atoms with Crippen LogP contribution in [0.15, 0.2) is 12.2 Å². The van der Waals surface area contributed by atoms with Gasteiger partial charge in [0.1, 0.15) is 0 Å². The van der Waals surface area contributed by atoms with E-state index in [1.807, 2.05) is 6.07 Å². The zero-order valence-corrected chi connectivity index (χ0v) is 5.28. The second kappa shape index (κ2) is 4.39.